The Morgan fingerprint density at radius 1 is 1.21 bits per heavy atom. The van der Waals surface area contributed by atoms with Gasteiger partial charge in [-0.25, -0.2) is 4.98 Å². The van der Waals surface area contributed by atoms with E-state index < -0.39 is 0 Å². The Balaban J connectivity index is 1.25. The number of hydrogen-bond acceptors (Lipinski definition) is 6. The third-order valence-electron chi connectivity index (χ3n) is 7.07. The molecule has 0 saturated carbocycles. The van der Waals surface area contributed by atoms with Crippen LogP contribution >= 0.6 is 11.3 Å². The second-order valence-corrected chi connectivity index (χ2v) is 10.3. The highest BCUT2D eigenvalue weighted by Crippen LogP contribution is 2.33. The SMILES string of the molecule is COc1cccc(C(CNC(=O)CCn2cnc3sc4c(c3c2=O)CCCC4)N2CCCC2)c1. The standard InChI is InChI=1S/C26H32N4O3S/c1-33-19-8-6-7-18(15-19)21(29-12-4-5-13-29)16-27-23(31)11-14-30-17-28-25-24(26(30)32)20-9-2-3-10-22(20)34-25/h6-8,15,17,21H,2-5,9-14,16H2,1H3,(H,27,31). The molecule has 1 N–H and O–H groups in total. The summed E-state index contributed by atoms with van der Waals surface area (Å²) in [5.74, 6) is 0.775. The largest absolute Gasteiger partial charge is 0.497 e. The molecule has 0 bridgehead atoms. The number of amides is 1. The molecule has 34 heavy (non-hydrogen) atoms. The lowest BCUT2D eigenvalue weighted by Gasteiger charge is -2.28. The third-order valence-corrected chi connectivity index (χ3v) is 8.27. The van der Waals surface area contributed by atoms with Gasteiger partial charge in [-0.3, -0.25) is 19.1 Å². The highest BCUT2D eigenvalue weighted by molar-refractivity contribution is 7.18. The van der Waals surface area contributed by atoms with E-state index in [0.29, 0.717) is 13.1 Å². The average Bonchev–Trinajstić information content (AvgIpc) is 3.52. The van der Waals surface area contributed by atoms with Gasteiger partial charge in [0.2, 0.25) is 5.91 Å². The Kier molecular flexibility index (Phi) is 6.97. The van der Waals surface area contributed by atoms with E-state index in [9.17, 15) is 9.59 Å². The van der Waals surface area contributed by atoms with Gasteiger partial charge < -0.3 is 10.1 Å². The molecule has 3 heterocycles. The summed E-state index contributed by atoms with van der Waals surface area (Å²) in [6.45, 7) is 2.94. The third kappa shape index (κ3) is 4.74. The van der Waals surface area contributed by atoms with Gasteiger partial charge in [-0.15, -0.1) is 11.3 Å². The van der Waals surface area contributed by atoms with Crippen LogP contribution < -0.4 is 15.6 Å². The maximum Gasteiger partial charge on any atom is 0.262 e. The molecule has 1 aliphatic carbocycles. The quantitative estimate of drug-likeness (QED) is 0.532. The lowest BCUT2D eigenvalue weighted by molar-refractivity contribution is -0.121. The summed E-state index contributed by atoms with van der Waals surface area (Å²) in [5.41, 5.74) is 2.33. The van der Waals surface area contributed by atoms with Crippen LogP contribution in [0.15, 0.2) is 35.4 Å². The van der Waals surface area contributed by atoms with Gasteiger partial charge >= 0.3 is 0 Å². The number of nitrogens with one attached hydrogen (secondary N) is 1. The van der Waals surface area contributed by atoms with Crippen LogP contribution in [-0.4, -0.2) is 47.1 Å². The summed E-state index contributed by atoms with van der Waals surface area (Å²) in [5, 5.41) is 3.89. The molecule has 7 nitrogen and oxygen atoms in total. The van der Waals surface area contributed by atoms with Crippen molar-refractivity contribution in [2.24, 2.45) is 0 Å². The molecule has 1 fully saturated rings. The highest BCUT2D eigenvalue weighted by Gasteiger charge is 2.24. The van der Waals surface area contributed by atoms with Crippen molar-refractivity contribution < 1.29 is 9.53 Å². The molecular weight excluding hydrogens is 448 g/mol. The van der Waals surface area contributed by atoms with Crippen LogP contribution in [0.3, 0.4) is 0 Å². The number of methoxy groups -OCH3 is 1. The Hall–Kier alpha value is -2.71. The minimum Gasteiger partial charge on any atom is -0.497 e. The number of aromatic nitrogens is 2. The van der Waals surface area contributed by atoms with Crippen LogP contribution in [0.1, 0.15) is 54.1 Å². The maximum atomic E-state index is 13.1. The lowest BCUT2D eigenvalue weighted by Crippen LogP contribution is -2.37. The number of aryl methyl sites for hydroxylation is 3. The number of fused-ring (bicyclic) bond motifs is 3. The van der Waals surface area contributed by atoms with Gasteiger partial charge in [0.1, 0.15) is 10.6 Å². The number of thiophene rings is 1. The van der Waals surface area contributed by atoms with Gasteiger partial charge in [0.05, 0.1) is 24.9 Å². The minimum atomic E-state index is -0.0496. The molecule has 0 radical (unpaired) electrons. The molecule has 1 aliphatic heterocycles. The maximum absolute atomic E-state index is 13.1. The first-order chi connectivity index (χ1) is 16.6. The number of likely N-dealkylation sites (tertiary alicyclic amines) is 1. The van der Waals surface area contributed by atoms with Crippen molar-refractivity contribution in [1.82, 2.24) is 19.8 Å². The normalized spacial score (nSPS) is 17.0. The Morgan fingerprint density at radius 2 is 2.03 bits per heavy atom. The number of rotatable bonds is 8. The van der Waals surface area contributed by atoms with E-state index >= 15 is 0 Å². The first-order valence-electron chi connectivity index (χ1n) is 12.3. The zero-order chi connectivity index (χ0) is 23.5. The van der Waals surface area contributed by atoms with Crippen molar-refractivity contribution in [3.05, 3.63) is 57.0 Å². The number of carbonyl (C=O) groups excluding carboxylic acids is 1. The van der Waals surface area contributed by atoms with Gasteiger partial charge in [-0.1, -0.05) is 12.1 Å². The molecule has 1 atom stereocenters. The second kappa shape index (κ2) is 10.3. The Bertz CT molecular complexity index is 1230. The fraction of sp³-hybridized carbons (Fsp3) is 0.500. The molecule has 0 spiro atoms. The molecular formula is C26H32N4O3S. The van der Waals surface area contributed by atoms with Gasteiger partial charge in [-0.05, 0) is 74.9 Å². The molecule has 8 heteroatoms. The van der Waals surface area contributed by atoms with Crippen LogP contribution in [0.4, 0.5) is 0 Å². The van der Waals surface area contributed by atoms with E-state index in [-0.39, 0.29) is 23.9 Å². The molecule has 2 aliphatic rings. The van der Waals surface area contributed by atoms with Gasteiger partial charge in [-0.2, -0.15) is 0 Å². The predicted octanol–water partition coefficient (Wildman–Crippen LogP) is 3.69. The average molecular weight is 481 g/mol. The smallest absolute Gasteiger partial charge is 0.262 e. The van der Waals surface area contributed by atoms with E-state index in [1.807, 2.05) is 12.1 Å². The molecule has 2 aromatic heterocycles. The van der Waals surface area contributed by atoms with Gasteiger partial charge in [0.25, 0.3) is 5.56 Å². The topological polar surface area (TPSA) is 76.5 Å². The highest BCUT2D eigenvalue weighted by atomic mass is 32.1. The summed E-state index contributed by atoms with van der Waals surface area (Å²) in [6.07, 6.45) is 8.53. The van der Waals surface area contributed by atoms with Crippen LogP contribution in [0.25, 0.3) is 10.2 Å². The van der Waals surface area contributed by atoms with Crippen molar-refractivity contribution in [1.29, 1.82) is 0 Å². The van der Waals surface area contributed by atoms with E-state index in [1.165, 1.54) is 29.7 Å². The first kappa shape index (κ1) is 23.1. The fourth-order valence-electron chi connectivity index (χ4n) is 5.22. The summed E-state index contributed by atoms with van der Waals surface area (Å²) in [4.78, 5) is 35.0. The van der Waals surface area contributed by atoms with E-state index in [2.05, 4.69) is 27.3 Å². The minimum absolute atomic E-state index is 0.0106. The molecule has 180 valence electrons. The molecule has 1 unspecified atom stereocenters. The monoisotopic (exact) mass is 480 g/mol. The van der Waals surface area contributed by atoms with Crippen LogP contribution in [0.2, 0.25) is 0 Å². The van der Waals surface area contributed by atoms with E-state index in [1.54, 1.807) is 29.3 Å². The number of ether oxygens (including phenoxy) is 1. The van der Waals surface area contributed by atoms with E-state index in [0.717, 1.165) is 53.9 Å². The predicted molar refractivity (Wildman–Crippen MR) is 135 cm³/mol. The zero-order valence-corrected chi connectivity index (χ0v) is 20.5. The van der Waals surface area contributed by atoms with Crippen LogP contribution in [-0.2, 0) is 24.2 Å². The van der Waals surface area contributed by atoms with Crippen molar-refractivity contribution >= 4 is 27.5 Å². The second-order valence-electron chi connectivity index (χ2n) is 9.22. The number of benzene rings is 1. The Labute approximate surface area is 203 Å². The fourth-order valence-corrected chi connectivity index (χ4v) is 6.44. The molecule has 5 rings (SSSR count). The van der Waals surface area contributed by atoms with E-state index in [4.69, 9.17) is 4.74 Å². The summed E-state index contributed by atoms with van der Waals surface area (Å²) in [7, 11) is 1.67. The molecule has 1 saturated heterocycles. The van der Waals surface area contributed by atoms with Crippen LogP contribution in [0, 0.1) is 0 Å². The van der Waals surface area contributed by atoms with Crippen molar-refractivity contribution in [2.75, 3.05) is 26.7 Å². The van der Waals surface area contributed by atoms with Crippen molar-refractivity contribution in [3.8, 4) is 5.75 Å². The van der Waals surface area contributed by atoms with Crippen LogP contribution in [0.5, 0.6) is 5.75 Å². The Morgan fingerprint density at radius 3 is 2.85 bits per heavy atom. The van der Waals surface area contributed by atoms with Crippen molar-refractivity contribution in [3.63, 3.8) is 0 Å². The summed E-state index contributed by atoms with van der Waals surface area (Å²) < 4.78 is 7.01. The van der Waals surface area contributed by atoms with Crippen molar-refractivity contribution in [2.45, 2.75) is 57.5 Å². The first-order valence-corrected chi connectivity index (χ1v) is 13.1. The number of carbonyl (C=O) groups is 1. The number of nitrogens with zero attached hydrogens (tertiary/aromatic N) is 3. The summed E-state index contributed by atoms with van der Waals surface area (Å²) >= 11 is 1.65. The molecule has 1 amide bonds. The lowest BCUT2D eigenvalue weighted by atomic mass is 9.97. The number of hydrogen-bond donors (Lipinski definition) is 1. The molecule has 3 aromatic rings. The van der Waals surface area contributed by atoms with Gasteiger partial charge in [0, 0.05) is 24.4 Å². The van der Waals surface area contributed by atoms with Gasteiger partial charge in [0.15, 0.2) is 0 Å². The zero-order valence-electron chi connectivity index (χ0n) is 19.7. The summed E-state index contributed by atoms with van der Waals surface area (Å²) in [6, 6.07) is 8.20. The molecule has 1 aromatic carbocycles.